The number of thioether (sulfide) groups is 1. The molecule has 1 aliphatic rings. The van der Waals surface area contributed by atoms with E-state index in [1.54, 1.807) is 30.3 Å². The second-order valence-corrected chi connectivity index (χ2v) is 5.99. The molecule has 0 radical (unpaired) electrons. The van der Waals surface area contributed by atoms with E-state index < -0.39 is 10.3 Å². The van der Waals surface area contributed by atoms with Gasteiger partial charge in [-0.1, -0.05) is 41.6 Å². The van der Waals surface area contributed by atoms with Gasteiger partial charge in [-0.05, 0) is 18.2 Å². The van der Waals surface area contributed by atoms with Crippen LogP contribution in [0.1, 0.15) is 16.5 Å². The summed E-state index contributed by atoms with van der Waals surface area (Å²) in [7, 11) is 0. The number of halogens is 1. The molecule has 0 fully saturated rings. The first-order chi connectivity index (χ1) is 10.6. The maximum Gasteiger partial charge on any atom is 0.277 e. The Bertz CT molecular complexity index is 782. The first kappa shape index (κ1) is 14.7. The summed E-state index contributed by atoms with van der Waals surface area (Å²) in [6, 6.07) is 11.3. The van der Waals surface area contributed by atoms with Gasteiger partial charge in [0.25, 0.3) is 5.69 Å². The van der Waals surface area contributed by atoms with Crippen molar-refractivity contribution in [1.29, 1.82) is 0 Å². The van der Waals surface area contributed by atoms with Gasteiger partial charge in [-0.25, -0.2) is 0 Å². The third-order valence-electron chi connectivity index (χ3n) is 3.14. The molecule has 0 aromatic heterocycles. The summed E-state index contributed by atoms with van der Waals surface area (Å²) >= 11 is 7.39. The van der Waals surface area contributed by atoms with Crippen LogP contribution in [0.5, 0.6) is 5.75 Å². The molecule has 22 heavy (non-hydrogen) atoms. The maximum absolute atomic E-state index is 11.2. The molecule has 1 aliphatic heterocycles. The molecule has 0 spiro atoms. The molecule has 112 valence electrons. The number of nitro groups is 1. The number of hydrogen-bond acceptors (Lipinski definition) is 6. The molecular formula is C14H10ClN3O3S. The Labute approximate surface area is 135 Å². The van der Waals surface area contributed by atoms with Crippen LogP contribution in [0.2, 0.25) is 5.02 Å². The monoisotopic (exact) mass is 335 g/mol. The molecule has 0 amide bonds. The van der Waals surface area contributed by atoms with Gasteiger partial charge in [0, 0.05) is 6.07 Å². The SMILES string of the molecule is O=[N+]([O-])c1cccc(Cl)c1[C@H]1NN=C(c2ccccc2O)S1. The third-order valence-corrected chi connectivity index (χ3v) is 4.58. The molecule has 1 atom stereocenters. The smallest absolute Gasteiger partial charge is 0.277 e. The minimum Gasteiger partial charge on any atom is -0.507 e. The van der Waals surface area contributed by atoms with Gasteiger partial charge in [-0.15, -0.1) is 0 Å². The van der Waals surface area contributed by atoms with Crippen molar-refractivity contribution in [3.05, 3.63) is 68.7 Å². The number of benzene rings is 2. The minimum absolute atomic E-state index is 0.0637. The van der Waals surface area contributed by atoms with Crippen molar-refractivity contribution in [3.8, 4) is 5.75 Å². The number of hydrazone groups is 1. The fourth-order valence-electron chi connectivity index (χ4n) is 2.13. The van der Waals surface area contributed by atoms with Crippen LogP contribution in [0.3, 0.4) is 0 Å². The number of phenolic OH excluding ortho intramolecular Hbond substituents is 1. The Morgan fingerprint density at radius 2 is 2.05 bits per heavy atom. The van der Waals surface area contributed by atoms with E-state index in [9.17, 15) is 15.2 Å². The Kier molecular flexibility index (Phi) is 3.91. The molecule has 0 bridgehead atoms. The van der Waals surface area contributed by atoms with Gasteiger partial charge in [-0.3, -0.25) is 15.5 Å². The molecule has 3 rings (SSSR count). The highest BCUT2D eigenvalue weighted by Crippen LogP contribution is 2.42. The number of rotatable bonds is 3. The van der Waals surface area contributed by atoms with Crippen LogP contribution < -0.4 is 5.43 Å². The molecule has 6 nitrogen and oxygen atoms in total. The van der Waals surface area contributed by atoms with E-state index in [1.807, 2.05) is 0 Å². The lowest BCUT2D eigenvalue weighted by atomic mass is 10.2. The van der Waals surface area contributed by atoms with Gasteiger partial charge in [0.1, 0.15) is 16.2 Å². The maximum atomic E-state index is 11.2. The first-order valence-corrected chi connectivity index (χ1v) is 7.54. The highest BCUT2D eigenvalue weighted by atomic mass is 35.5. The zero-order valence-electron chi connectivity index (χ0n) is 11.1. The van der Waals surface area contributed by atoms with Crippen molar-refractivity contribution in [3.63, 3.8) is 0 Å². The van der Waals surface area contributed by atoms with E-state index in [1.165, 1.54) is 23.9 Å². The molecule has 0 unspecified atom stereocenters. The summed E-state index contributed by atoms with van der Waals surface area (Å²) in [4.78, 5) is 10.7. The lowest BCUT2D eigenvalue weighted by Crippen LogP contribution is -2.10. The van der Waals surface area contributed by atoms with Gasteiger partial charge in [-0.2, -0.15) is 5.10 Å². The predicted molar refractivity (Wildman–Crippen MR) is 86.2 cm³/mol. The highest BCUT2D eigenvalue weighted by molar-refractivity contribution is 8.14. The Morgan fingerprint density at radius 3 is 2.77 bits per heavy atom. The van der Waals surface area contributed by atoms with Crippen LogP contribution >= 0.6 is 23.4 Å². The average molecular weight is 336 g/mol. The Hall–Kier alpha value is -2.25. The largest absolute Gasteiger partial charge is 0.507 e. The lowest BCUT2D eigenvalue weighted by Gasteiger charge is -2.11. The molecule has 0 saturated heterocycles. The molecule has 2 N–H and O–H groups in total. The van der Waals surface area contributed by atoms with Crippen molar-refractivity contribution >= 4 is 34.1 Å². The van der Waals surface area contributed by atoms with E-state index in [2.05, 4.69) is 10.5 Å². The zero-order chi connectivity index (χ0) is 15.7. The fraction of sp³-hybridized carbons (Fsp3) is 0.0714. The minimum atomic E-state index is -0.483. The number of nitrogens with zero attached hydrogens (tertiary/aromatic N) is 2. The third kappa shape index (κ3) is 2.60. The topological polar surface area (TPSA) is 87.8 Å². The number of nitrogens with one attached hydrogen (secondary N) is 1. The summed E-state index contributed by atoms with van der Waals surface area (Å²) in [5.74, 6) is 0.102. The second-order valence-electron chi connectivity index (χ2n) is 4.49. The molecule has 1 heterocycles. The zero-order valence-corrected chi connectivity index (χ0v) is 12.6. The van der Waals surface area contributed by atoms with Crippen LogP contribution in [0.15, 0.2) is 47.6 Å². The van der Waals surface area contributed by atoms with Crippen LogP contribution in [-0.2, 0) is 0 Å². The number of phenols is 1. The van der Waals surface area contributed by atoms with Gasteiger partial charge >= 0.3 is 0 Å². The van der Waals surface area contributed by atoms with E-state index in [4.69, 9.17) is 11.6 Å². The molecule has 2 aromatic rings. The van der Waals surface area contributed by atoms with Gasteiger partial charge in [0.05, 0.1) is 21.1 Å². The van der Waals surface area contributed by atoms with Crippen LogP contribution in [0.25, 0.3) is 0 Å². The number of nitro benzene ring substituents is 1. The van der Waals surface area contributed by atoms with Crippen LogP contribution in [0.4, 0.5) is 5.69 Å². The van der Waals surface area contributed by atoms with Crippen molar-refractivity contribution in [2.24, 2.45) is 5.10 Å². The van der Waals surface area contributed by atoms with Gasteiger partial charge in [0.2, 0.25) is 0 Å². The quantitative estimate of drug-likeness (QED) is 0.660. The normalized spacial score (nSPS) is 17.0. The average Bonchev–Trinajstić information content (AvgIpc) is 2.96. The molecule has 0 saturated carbocycles. The molecular weight excluding hydrogens is 326 g/mol. The first-order valence-electron chi connectivity index (χ1n) is 6.29. The summed E-state index contributed by atoms with van der Waals surface area (Å²) < 4.78 is 0. The summed E-state index contributed by atoms with van der Waals surface area (Å²) in [6.45, 7) is 0. The van der Waals surface area contributed by atoms with Gasteiger partial charge in [0.15, 0.2) is 0 Å². The van der Waals surface area contributed by atoms with Crippen molar-refractivity contribution in [1.82, 2.24) is 5.43 Å². The molecule has 0 aliphatic carbocycles. The van der Waals surface area contributed by atoms with E-state index in [-0.39, 0.29) is 11.4 Å². The summed E-state index contributed by atoms with van der Waals surface area (Å²) in [5, 5.41) is 25.6. The fourth-order valence-corrected chi connectivity index (χ4v) is 3.57. The number of para-hydroxylation sites is 1. The van der Waals surface area contributed by atoms with Gasteiger partial charge < -0.3 is 5.11 Å². The molecule has 2 aromatic carbocycles. The van der Waals surface area contributed by atoms with Crippen molar-refractivity contribution in [2.75, 3.05) is 0 Å². The van der Waals surface area contributed by atoms with Crippen LogP contribution in [-0.4, -0.2) is 15.1 Å². The molecule has 8 heteroatoms. The number of hydrogen-bond donors (Lipinski definition) is 2. The summed E-state index contributed by atoms with van der Waals surface area (Å²) in [6.07, 6.45) is 0. The van der Waals surface area contributed by atoms with Crippen molar-refractivity contribution in [2.45, 2.75) is 5.37 Å². The van der Waals surface area contributed by atoms with E-state index in [0.717, 1.165) is 0 Å². The lowest BCUT2D eigenvalue weighted by molar-refractivity contribution is -0.385. The highest BCUT2D eigenvalue weighted by Gasteiger charge is 2.31. The second kappa shape index (κ2) is 5.86. The Morgan fingerprint density at radius 1 is 1.27 bits per heavy atom. The predicted octanol–water partition coefficient (Wildman–Crippen LogP) is 3.65. The standard InChI is InChI=1S/C14H10ClN3O3S/c15-9-5-3-6-10(18(20)21)12(9)14-17-16-13(22-14)8-4-1-2-7-11(8)19/h1-7,14,17,19H/t14-/m0/s1. The summed E-state index contributed by atoms with van der Waals surface area (Å²) in [5.41, 5.74) is 3.71. The van der Waals surface area contributed by atoms with Crippen molar-refractivity contribution < 1.29 is 10.0 Å². The number of aromatic hydroxyl groups is 1. The van der Waals surface area contributed by atoms with Crippen LogP contribution in [0, 0.1) is 10.1 Å². The Balaban J connectivity index is 1.93. The van der Waals surface area contributed by atoms with E-state index in [0.29, 0.717) is 21.2 Å². The van der Waals surface area contributed by atoms with E-state index >= 15 is 0 Å².